The number of amides is 1. The van der Waals surface area contributed by atoms with Crippen LogP contribution in [0.1, 0.15) is 15.9 Å². The molecule has 0 unspecified atom stereocenters. The topological polar surface area (TPSA) is 70.2 Å². The number of hydrogen-bond acceptors (Lipinski definition) is 4. The summed E-state index contributed by atoms with van der Waals surface area (Å²) in [5, 5.41) is 9.72. The zero-order valence-corrected chi connectivity index (χ0v) is 16.1. The van der Waals surface area contributed by atoms with Gasteiger partial charge in [0.1, 0.15) is 5.75 Å². The van der Waals surface area contributed by atoms with E-state index in [1.807, 2.05) is 25.2 Å². The van der Waals surface area contributed by atoms with E-state index in [4.69, 9.17) is 11.6 Å². The smallest absolute Gasteiger partial charge is 0.420 e. The number of nitrogens with zero attached hydrogens (tertiary/aromatic N) is 2. The number of nitrogens with one attached hydrogen (secondary N) is 2. The Balaban J connectivity index is 1.59. The van der Waals surface area contributed by atoms with Gasteiger partial charge < -0.3 is 15.0 Å². The quantitative estimate of drug-likeness (QED) is 0.599. The minimum Gasteiger partial charge on any atom is -0.420 e. The fraction of sp³-hybridized carbons (Fsp3) is 0.200. The van der Waals surface area contributed by atoms with E-state index in [0.717, 1.165) is 35.5 Å². The van der Waals surface area contributed by atoms with Crippen LogP contribution in [0.15, 0.2) is 48.7 Å². The van der Waals surface area contributed by atoms with Gasteiger partial charge in [0.25, 0.3) is 5.91 Å². The number of halogens is 3. The number of carbonyl (C=O) groups is 1. The second kappa shape index (κ2) is 7.36. The minimum absolute atomic E-state index is 0.106. The Morgan fingerprint density at radius 2 is 2.03 bits per heavy atom. The van der Waals surface area contributed by atoms with Crippen LogP contribution in [0.3, 0.4) is 0 Å². The lowest BCUT2D eigenvalue weighted by molar-refractivity contribution is -0.0964. The second-order valence-electron chi connectivity index (χ2n) is 6.70. The van der Waals surface area contributed by atoms with Crippen LogP contribution < -0.4 is 15.0 Å². The normalized spacial score (nSPS) is 13.3. The van der Waals surface area contributed by atoms with Crippen molar-refractivity contribution in [2.75, 3.05) is 23.8 Å². The maximum absolute atomic E-state index is 12.8. The molecule has 2 heterocycles. The summed E-state index contributed by atoms with van der Waals surface area (Å²) in [4.78, 5) is 15.0. The summed E-state index contributed by atoms with van der Waals surface area (Å²) >= 11 is 4.75. The van der Waals surface area contributed by atoms with Crippen LogP contribution in [-0.4, -0.2) is 35.3 Å². The molecule has 3 aromatic rings. The lowest BCUT2D eigenvalue weighted by Crippen LogP contribution is -2.16. The number of ether oxygens (including phenoxy) is 1. The largest absolute Gasteiger partial charge is 0.487 e. The van der Waals surface area contributed by atoms with E-state index >= 15 is 0 Å². The molecule has 29 heavy (non-hydrogen) atoms. The Morgan fingerprint density at radius 3 is 2.69 bits per heavy atom. The van der Waals surface area contributed by atoms with Gasteiger partial charge in [-0.3, -0.25) is 9.89 Å². The maximum atomic E-state index is 12.8. The molecule has 4 rings (SSSR count). The molecule has 0 saturated carbocycles. The Morgan fingerprint density at radius 1 is 1.28 bits per heavy atom. The van der Waals surface area contributed by atoms with Crippen molar-refractivity contribution in [3.8, 4) is 17.0 Å². The monoisotopic (exact) mass is 418 g/mol. The number of aromatic nitrogens is 2. The van der Waals surface area contributed by atoms with E-state index in [-0.39, 0.29) is 11.7 Å². The second-order valence-corrected chi connectivity index (χ2v) is 7.14. The number of rotatable bonds is 5. The molecule has 6 nitrogen and oxygen atoms in total. The van der Waals surface area contributed by atoms with Gasteiger partial charge >= 0.3 is 5.57 Å². The van der Waals surface area contributed by atoms with Crippen molar-refractivity contribution in [2.45, 2.75) is 12.0 Å². The minimum atomic E-state index is -3.79. The summed E-state index contributed by atoms with van der Waals surface area (Å²) in [6, 6.07) is 11.1. The van der Waals surface area contributed by atoms with Crippen molar-refractivity contribution in [3.05, 3.63) is 59.8 Å². The summed E-state index contributed by atoms with van der Waals surface area (Å²) in [6.45, 7) is 0.869. The van der Waals surface area contributed by atoms with Gasteiger partial charge in [-0.15, -0.1) is 8.78 Å². The Bertz CT molecular complexity index is 1030. The average molecular weight is 419 g/mol. The molecule has 2 aromatic carbocycles. The molecule has 0 fully saturated rings. The van der Waals surface area contributed by atoms with Crippen LogP contribution in [0.4, 0.5) is 20.2 Å². The van der Waals surface area contributed by atoms with Gasteiger partial charge in [-0.1, -0.05) is 0 Å². The SMILES string of the molecule is CN1CCc2cc(C(=O)Nc3ccc(OC(F)(F)Cl)cc3)cc(-c3ccn[nH]3)c21. The van der Waals surface area contributed by atoms with Gasteiger partial charge in [0.15, 0.2) is 0 Å². The highest BCUT2D eigenvalue weighted by Crippen LogP contribution is 2.38. The van der Waals surface area contributed by atoms with E-state index in [9.17, 15) is 13.6 Å². The molecule has 1 aromatic heterocycles. The zero-order chi connectivity index (χ0) is 20.6. The number of anilines is 2. The van der Waals surface area contributed by atoms with Gasteiger partial charge in [-0.25, -0.2) is 0 Å². The Hall–Kier alpha value is -3.13. The van der Waals surface area contributed by atoms with Gasteiger partial charge in [0, 0.05) is 53.9 Å². The first kappa shape index (κ1) is 19.2. The Labute approximate surface area is 170 Å². The van der Waals surface area contributed by atoms with Gasteiger partial charge in [0.2, 0.25) is 0 Å². The standard InChI is InChI=1S/C20H17ClF2N4O2/c1-27-9-7-12-10-13(11-16(18(12)27)17-6-8-24-26-17)19(28)25-14-2-4-15(5-3-14)29-20(21,22)23/h2-6,8,10-11H,7,9H2,1H3,(H,24,26)(H,25,28). The van der Waals surface area contributed by atoms with Crippen molar-refractivity contribution >= 4 is 28.9 Å². The maximum Gasteiger partial charge on any atom is 0.487 e. The predicted molar refractivity (Wildman–Crippen MR) is 107 cm³/mol. The van der Waals surface area contributed by atoms with Crippen LogP contribution in [0.5, 0.6) is 5.75 Å². The summed E-state index contributed by atoms with van der Waals surface area (Å²) in [5.74, 6) is -0.412. The molecule has 9 heteroatoms. The summed E-state index contributed by atoms with van der Waals surface area (Å²) in [6.07, 6.45) is 2.50. The van der Waals surface area contributed by atoms with E-state index in [1.165, 1.54) is 24.3 Å². The van der Waals surface area contributed by atoms with Gasteiger partial charge in [-0.2, -0.15) is 5.10 Å². The van der Waals surface area contributed by atoms with Gasteiger partial charge in [0.05, 0.1) is 5.69 Å². The van der Waals surface area contributed by atoms with Gasteiger partial charge in [-0.05, 0) is 54.4 Å². The van der Waals surface area contributed by atoms with Crippen molar-refractivity contribution < 1.29 is 18.3 Å². The molecule has 0 bridgehead atoms. The first-order valence-corrected chi connectivity index (χ1v) is 9.23. The zero-order valence-electron chi connectivity index (χ0n) is 15.4. The molecular weight excluding hydrogens is 402 g/mol. The number of aromatic amines is 1. The fourth-order valence-corrected chi connectivity index (χ4v) is 3.51. The fourth-order valence-electron chi connectivity index (χ4n) is 3.42. The summed E-state index contributed by atoms with van der Waals surface area (Å²) in [5.41, 5.74) is 1.04. The van der Waals surface area contributed by atoms with Crippen LogP contribution in [0.25, 0.3) is 11.3 Å². The van der Waals surface area contributed by atoms with E-state index in [0.29, 0.717) is 11.3 Å². The third kappa shape index (κ3) is 4.17. The van der Waals surface area contributed by atoms with Crippen molar-refractivity contribution in [2.24, 2.45) is 0 Å². The highest BCUT2D eigenvalue weighted by atomic mass is 35.5. The van der Waals surface area contributed by atoms with Crippen LogP contribution >= 0.6 is 11.6 Å². The first-order chi connectivity index (χ1) is 13.8. The molecule has 150 valence electrons. The number of H-pyrrole nitrogens is 1. The molecule has 1 aliphatic heterocycles. The highest BCUT2D eigenvalue weighted by Gasteiger charge is 2.27. The molecular formula is C20H17ClF2N4O2. The molecule has 0 aliphatic carbocycles. The number of carbonyl (C=O) groups excluding carboxylic acids is 1. The summed E-state index contributed by atoms with van der Waals surface area (Å²) < 4.78 is 29.7. The number of likely N-dealkylation sites (N-methyl/N-ethyl adjacent to an activating group) is 1. The number of benzene rings is 2. The van der Waals surface area contributed by atoms with Crippen molar-refractivity contribution in [1.29, 1.82) is 0 Å². The highest BCUT2D eigenvalue weighted by molar-refractivity contribution is 6.20. The number of fused-ring (bicyclic) bond motifs is 1. The van der Waals surface area contributed by atoms with Crippen LogP contribution in [0.2, 0.25) is 0 Å². The molecule has 0 saturated heterocycles. The van der Waals surface area contributed by atoms with Crippen molar-refractivity contribution in [3.63, 3.8) is 0 Å². The average Bonchev–Trinajstić information content (AvgIpc) is 3.32. The lowest BCUT2D eigenvalue weighted by atomic mass is 10.00. The third-order valence-electron chi connectivity index (χ3n) is 4.69. The molecule has 0 radical (unpaired) electrons. The van der Waals surface area contributed by atoms with Crippen LogP contribution in [-0.2, 0) is 6.42 Å². The predicted octanol–water partition coefficient (Wildman–Crippen LogP) is 4.49. The number of alkyl halides is 3. The first-order valence-electron chi connectivity index (χ1n) is 8.85. The van der Waals surface area contributed by atoms with E-state index in [1.54, 1.807) is 6.20 Å². The van der Waals surface area contributed by atoms with E-state index < -0.39 is 5.57 Å². The van der Waals surface area contributed by atoms with Crippen molar-refractivity contribution in [1.82, 2.24) is 10.2 Å². The van der Waals surface area contributed by atoms with E-state index in [2.05, 4.69) is 25.2 Å². The molecule has 2 N–H and O–H groups in total. The molecule has 0 spiro atoms. The lowest BCUT2D eigenvalue weighted by Gasteiger charge is -2.17. The molecule has 1 amide bonds. The third-order valence-corrected chi connectivity index (χ3v) is 4.76. The van der Waals surface area contributed by atoms with Crippen LogP contribution in [0, 0.1) is 0 Å². The Kier molecular flexibility index (Phi) is 4.87. The summed E-state index contributed by atoms with van der Waals surface area (Å²) in [7, 11) is 2.01. The molecule has 1 aliphatic rings. The number of hydrogen-bond donors (Lipinski definition) is 2. The molecule has 0 atom stereocenters.